The highest BCUT2D eigenvalue weighted by Crippen LogP contribution is 2.21. The second kappa shape index (κ2) is 7.17. The number of aryl methyl sites for hydroxylation is 2. The summed E-state index contributed by atoms with van der Waals surface area (Å²) in [6.07, 6.45) is 1.77. The van der Waals surface area contributed by atoms with Gasteiger partial charge in [0.05, 0.1) is 10.7 Å². The van der Waals surface area contributed by atoms with E-state index >= 15 is 0 Å². The van der Waals surface area contributed by atoms with Crippen LogP contribution < -0.4 is 5.32 Å². The van der Waals surface area contributed by atoms with Crippen molar-refractivity contribution in [2.75, 3.05) is 19.0 Å². The second-order valence-corrected chi connectivity index (χ2v) is 5.52. The molecule has 0 fully saturated rings. The standard InChI is InChI=1S/C15H18N2O2S/c1-11-14(20-13(16-11)9-6-10-19-2)15(18)17-12-7-4-3-5-8-12/h3-5,7-8H,6,9-10H2,1-2H3,(H,17,18). The van der Waals surface area contributed by atoms with Crippen LogP contribution in [0.4, 0.5) is 5.69 Å². The van der Waals surface area contributed by atoms with E-state index in [2.05, 4.69) is 10.3 Å². The monoisotopic (exact) mass is 290 g/mol. The number of amides is 1. The lowest BCUT2D eigenvalue weighted by atomic mass is 10.3. The highest BCUT2D eigenvalue weighted by Gasteiger charge is 2.15. The average Bonchev–Trinajstić information content (AvgIpc) is 2.81. The van der Waals surface area contributed by atoms with E-state index in [-0.39, 0.29) is 5.91 Å². The number of hydrogen-bond donors (Lipinski definition) is 1. The molecule has 0 bridgehead atoms. The first-order valence-electron chi connectivity index (χ1n) is 6.52. The van der Waals surface area contributed by atoms with Crippen LogP contribution in [0.2, 0.25) is 0 Å². The molecular weight excluding hydrogens is 272 g/mol. The molecular formula is C15H18N2O2S. The minimum Gasteiger partial charge on any atom is -0.385 e. The number of carbonyl (C=O) groups is 1. The number of benzene rings is 1. The number of hydrogen-bond acceptors (Lipinski definition) is 4. The van der Waals surface area contributed by atoms with Crippen LogP contribution in [0.5, 0.6) is 0 Å². The van der Waals surface area contributed by atoms with Crippen LogP contribution in [0.1, 0.15) is 26.8 Å². The van der Waals surface area contributed by atoms with E-state index in [4.69, 9.17) is 4.74 Å². The van der Waals surface area contributed by atoms with E-state index in [0.717, 1.165) is 29.2 Å². The van der Waals surface area contributed by atoms with Crippen LogP contribution >= 0.6 is 11.3 Å². The lowest BCUT2D eigenvalue weighted by Crippen LogP contribution is -2.11. The highest BCUT2D eigenvalue weighted by atomic mass is 32.1. The average molecular weight is 290 g/mol. The van der Waals surface area contributed by atoms with E-state index in [9.17, 15) is 4.79 Å². The fourth-order valence-corrected chi connectivity index (χ4v) is 2.85. The molecule has 0 aliphatic carbocycles. The third-order valence-corrected chi connectivity index (χ3v) is 4.03. The molecule has 20 heavy (non-hydrogen) atoms. The molecule has 0 saturated heterocycles. The van der Waals surface area contributed by atoms with Crippen LogP contribution in [-0.4, -0.2) is 24.6 Å². The van der Waals surface area contributed by atoms with Gasteiger partial charge in [-0.2, -0.15) is 0 Å². The molecule has 2 aromatic rings. The Balaban J connectivity index is 2.02. The summed E-state index contributed by atoms with van der Waals surface area (Å²) in [4.78, 5) is 17.3. The summed E-state index contributed by atoms with van der Waals surface area (Å²) in [5.74, 6) is -0.0933. The molecule has 0 atom stereocenters. The van der Waals surface area contributed by atoms with Crippen molar-refractivity contribution < 1.29 is 9.53 Å². The molecule has 1 N–H and O–H groups in total. The van der Waals surface area contributed by atoms with Crippen molar-refractivity contribution in [3.8, 4) is 0 Å². The molecule has 2 rings (SSSR count). The molecule has 0 unspecified atom stereocenters. The zero-order valence-corrected chi connectivity index (χ0v) is 12.5. The van der Waals surface area contributed by atoms with Crippen LogP contribution in [0, 0.1) is 6.92 Å². The van der Waals surface area contributed by atoms with Gasteiger partial charge in [0.15, 0.2) is 0 Å². The van der Waals surface area contributed by atoms with Gasteiger partial charge in [-0.05, 0) is 25.5 Å². The Labute approximate surface area is 122 Å². The van der Waals surface area contributed by atoms with Gasteiger partial charge in [0.25, 0.3) is 5.91 Å². The van der Waals surface area contributed by atoms with Gasteiger partial charge in [-0.15, -0.1) is 11.3 Å². The van der Waals surface area contributed by atoms with E-state index in [0.29, 0.717) is 11.5 Å². The fourth-order valence-electron chi connectivity index (χ4n) is 1.85. The molecule has 1 amide bonds. The Morgan fingerprint density at radius 3 is 2.80 bits per heavy atom. The minimum absolute atomic E-state index is 0.0933. The summed E-state index contributed by atoms with van der Waals surface area (Å²) < 4.78 is 5.02. The molecule has 106 valence electrons. The topological polar surface area (TPSA) is 51.2 Å². The predicted octanol–water partition coefficient (Wildman–Crippen LogP) is 3.28. The van der Waals surface area contributed by atoms with Crippen LogP contribution in [0.15, 0.2) is 30.3 Å². The molecule has 1 aromatic heterocycles. The SMILES string of the molecule is COCCCc1nc(C)c(C(=O)Nc2ccccc2)s1. The molecule has 0 saturated carbocycles. The molecule has 1 aromatic carbocycles. The summed E-state index contributed by atoms with van der Waals surface area (Å²) in [7, 11) is 1.69. The number of methoxy groups -OCH3 is 1. The maximum absolute atomic E-state index is 12.2. The van der Waals surface area contributed by atoms with Gasteiger partial charge in [-0.25, -0.2) is 4.98 Å². The number of nitrogens with zero attached hydrogens (tertiary/aromatic N) is 1. The Hall–Kier alpha value is -1.72. The minimum atomic E-state index is -0.0933. The van der Waals surface area contributed by atoms with Crippen molar-refractivity contribution in [3.63, 3.8) is 0 Å². The van der Waals surface area contributed by atoms with Crippen LogP contribution in [0.3, 0.4) is 0 Å². The first-order valence-corrected chi connectivity index (χ1v) is 7.34. The summed E-state index contributed by atoms with van der Waals surface area (Å²) in [6, 6.07) is 9.44. The maximum atomic E-state index is 12.2. The molecule has 0 spiro atoms. The van der Waals surface area contributed by atoms with Crippen LogP contribution in [-0.2, 0) is 11.2 Å². The first-order chi connectivity index (χ1) is 9.70. The number of rotatable bonds is 6. The van der Waals surface area contributed by atoms with Gasteiger partial charge in [0.1, 0.15) is 4.88 Å². The third-order valence-electron chi connectivity index (χ3n) is 2.82. The Morgan fingerprint density at radius 1 is 1.35 bits per heavy atom. The van der Waals surface area contributed by atoms with Crippen molar-refractivity contribution in [1.82, 2.24) is 4.98 Å². The number of thiazole rings is 1. The van der Waals surface area contributed by atoms with E-state index in [1.54, 1.807) is 7.11 Å². The van der Waals surface area contributed by atoms with Gasteiger partial charge in [0.2, 0.25) is 0 Å². The third kappa shape index (κ3) is 3.88. The Bertz CT molecular complexity index is 567. The van der Waals surface area contributed by atoms with E-state index in [1.807, 2.05) is 37.3 Å². The first kappa shape index (κ1) is 14.7. The number of anilines is 1. The number of nitrogens with one attached hydrogen (secondary N) is 1. The quantitative estimate of drug-likeness (QED) is 0.831. The normalized spacial score (nSPS) is 10.5. The molecule has 0 aliphatic heterocycles. The molecule has 1 heterocycles. The highest BCUT2D eigenvalue weighted by molar-refractivity contribution is 7.13. The summed E-state index contributed by atoms with van der Waals surface area (Å²) in [6.45, 7) is 2.58. The van der Waals surface area contributed by atoms with Crippen molar-refractivity contribution in [1.29, 1.82) is 0 Å². The molecule has 4 nitrogen and oxygen atoms in total. The number of ether oxygens (including phenoxy) is 1. The Kier molecular flexibility index (Phi) is 5.26. The van der Waals surface area contributed by atoms with Gasteiger partial charge < -0.3 is 10.1 Å². The van der Waals surface area contributed by atoms with E-state index in [1.165, 1.54) is 11.3 Å². The lowest BCUT2D eigenvalue weighted by Gasteiger charge is -2.02. The molecule has 5 heteroatoms. The van der Waals surface area contributed by atoms with Crippen molar-refractivity contribution >= 4 is 22.9 Å². The van der Waals surface area contributed by atoms with E-state index < -0.39 is 0 Å². The van der Waals surface area contributed by atoms with Crippen molar-refractivity contribution in [2.45, 2.75) is 19.8 Å². The molecule has 0 aliphatic rings. The lowest BCUT2D eigenvalue weighted by molar-refractivity contribution is 0.103. The summed E-state index contributed by atoms with van der Waals surface area (Å²) in [5, 5.41) is 3.87. The van der Waals surface area contributed by atoms with Gasteiger partial charge in [-0.1, -0.05) is 18.2 Å². The summed E-state index contributed by atoms with van der Waals surface area (Å²) in [5.41, 5.74) is 1.59. The molecule has 0 radical (unpaired) electrons. The van der Waals surface area contributed by atoms with Gasteiger partial charge >= 0.3 is 0 Å². The Morgan fingerprint density at radius 2 is 2.10 bits per heavy atom. The fraction of sp³-hybridized carbons (Fsp3) is 0.333. The summed E-state index contributed by atoms with van der Waals surface area (Å²) >= 11 is 1.46. The predicted molar refractivity (Wildman–Crippen MR) is 81.4 cm³/mol. The number of para-hydroxylation sites is 1. The maximum Gasteiger partial charge on any atom is 0.267 e. The zero-order chi connectivity index (χ0) is 14.4. The number of carbonyl (C=O) groups excluding carboxylic acids is 1. The van der Waals surface area contributed by atoms with Gasteiger partial charge in [-0.3, -0.25) is 4.79 Å². The van der Waals surface area contributed by atoms with Crippen molar-refractivity contribution in [3.05, 3.63) is 45.9 Å². The largest absolute Gasteiger partial charge is 0.385 e. The zero-order valence-electron chi connectivity index (χ0n) is 11.7. The van der Waals surface area contributed by atoms with Crippen molar-refractivity contribution in [2.24, 2.45) is 0 Å². The second-order valence-electron chi connectivity index (χ2n) is 4.44. The number of aromatic nitrogens is 1. The smallest absolute Gasteiger partial charge is 0.267 e. The van der Waals surface area contributed by atoms with Gasteiger partial charge in [0, 0.05) is 25.8 Å². The van der Waals surface area contributed by atoms with Crippen LogP contribution in [0.25, 0.3) is 0 Å².